The summed E-state index contributed by atoms with van der Waals surface area (Å²) in [5, 5.41) is 10.9. The Kier molecular flexibility index (Phi) is 4.87. The molecule has 0 spiro atoms. The average Bonchev–Trinajstić information content (AvgIpc) is 2.23. The summed E-state index contributed by atoms with van der Waals surface area (Å²) in [6.07, 6.45) is -0.158. The minimum atomic E-state index is -0.672. The Morgan fingerprint density at radius 2 is 2.00 bits per heavy atom. The first-order valence-corrected chi connectivity index (χ1v) is 5.51. The molecule has 0 bridgehead atoms. The maximum absolute atomic E-state index is 9.97. The number of hydrogen-bond acceptors (Lipinski definition) is 2. The summed E-state index contributed by atoms with van der Waals surface area (Å²) in [4.78, 5) is 0. The number of benzene rings is 1. The third-order valence-corrected chi connectivity index (χ3v) is 3.08. The zero-order chi connectivity index (χ0) is 11.4. The van der Waals surface area contributed by atoms with Gasteiger partial charge in [0.25, 0.3) is 0 Å². The van der Waals surface area contributed by atoms with Crippen molar-refractivity contribution in [3.05, 3.63) is 33.8 Å². The predicted molar refractivity (Wildman–Crippen MR) is 62.5 cm³/mol. The molecule has 84 valence electrons. The van der Waals surface area contributed by atoms with Crippen molar-refractivity contribution in [2.75, 3.05) is 7.11 Å². The Morgan fingerprint density at radius 1 is 1.33 bits per heavy atom. The smallest absolute Gasteiger partial charge is 0.105 e. The molecule has 0 heterocycles. The summed E-state index contributed by atoms with van der Waals surface area (Å²) in [7, 11) is 1.58. The van der Waals surface area contributed by atoms with Crippen molar-refractivity contribution in [3.63, 3.8) is 0 Å². The maximum Gasteiger partial charge on any atom is 0.105 e. The molecule has 1 aromatic carbocycles. The molecule has 2 atom stereocenters. The first-order valence-electron chi connectivity index (χ1n) is 4.76. The Balaban J connectivity index is 2.90. The Hall–Kier alpha value is -0.280. The molecular formula is C11H14Cl2O2. The lowest BCUT2D eigenvalue weighted by Crippen LogP contribution is -2.19. The van der Waals surface area contributed by atoms with Gasteiger partial charge in [0, 0.05) is 7.11 Å². The van der Waals surface area contributed by atoms with Crippen LogP contribution in [0, 0.1) is 0 Å². The molecule has 2 nitrogen and oxygen atoms in total. The van der Waals surface area contributed by atoms with Crippen LogP contribution in [0.25, 0.3) is 0 Å². The van der Waals surface area contributed by atoms with E-state index in [1.165, 1.54) is 0 Å². The summed E-state index contributed by atoms with van der Waals surface area (Å²) < 4.78 is 5.16. The molecule has 0 radical (unpaired) electrons. The first-order chi connectivity index (χ1) is 7.10. The minimum absolute atomic E-state index is 0.220. The van der Waals surface area contributed by atoms with E-state index in [0.29, 0.717) is 10.0 Å². The van der Waals surface area contributed by atoms with Crippen LogP contribution in [0.15, 0.2) is 18.2 Å². The quantitative estimate of drug-likeness (QED) is 0.885. The molecule has 1 rings (SSSR count). The van der Waals surface area contributed by atoms with Crippen LogP contribution < -0.4 is 0 Å². The van der Waals surface area contributed by atoms with E-state index in [1.807, 2.05) is 6.92 Å². The molecule has 1 N–H and O–H groups in total. The lowest BCUT2D eigenvalue weighted by atomic mass is 10.0. The zero-order valence-corrected chi connectivity index (χ0v) is 10.2. The first kappa shape index (κ1) is 12.8. The number of methoxy groups -OCH3 is 1. The van der Waals surface area contributed by atoms with Crippen LogP contribution in [0.4, 0.5) is 0 Å². The number of halogens is 2. The fraction of sp³-hybridized carbons (Fsp3) is 0.455. The average molecular weight is 249 g/mol. The van der Waals surface area contributed by atoms with Gasteiger partial charge in [-0.1, -0.05) is 36.2 Å². The molecule has 0 aliphatic heterocycles. The molecular weight excluding hydrogens is 235 g/mol. The van der Waals surface area contributed by atoms with E-state index in [2.05, 4.69) is 0 Å². The van der Waals surface area contributed by atoms with Crippen molar-refractivity contribution in [3.8, 4) is 0 Å². The monoisotopic (exact) mass is 248 g/mol. The van der Waals surface area contributed by atoms with Crippen molar-refractivity contribution >= 4 is 23.2 Å². The fourth-order valence-corrected chi connectivity index (χ4v) is 1.74. The third-order valence-electron chi connectivity index (χ3n) is 2.34. The van der Waals surface area contributed by atoms with E-state index in [0.717, 1.165) is 12.0 Å². The van der Waals surface area contributed by atoms with Gasteiger partial charge in [0.15, 0.2) is 0 Å². The van der Waals surface area contributed by atoms with E-state index in [9.17, 15) is 5.11 Å². The molecule has 0 aliphatic rings. The van der Waals surface area contributed by atoms with Crippen molar-refractivity contribution in [2.24, 2.45) is 0 Å². The summed E-state index contributed by atoms with van der Waals surface area (Å²) in [5.41, 5.74) is 0.720. The van der Waals surface area contributed by atoms with E-state index in [-0.39, 0.29) is 6.10 Å². The van der Waals surface area contributed by atoms with Crippen LogP contribution in [0.1, 0.15) is 25.0 Å². The van der Waals surface area contributed by atoms with Crippen molar-refractivity contribution in [1.29, 1.82) is 0 Å². The highest BCUT2D eigenvalue weighted by Crippen LogP contribution is 2.28. The number of ether oxygens (including phenoxy) is 1. The molecule has 0 saturated carbocycles. The van der Waals surface area contributed by atoms with Crippen molar-refractivity contribution in [2.45, 2.75) is 25.6 Å². The summed E-state index contributed by atoms with van der Waals surface area (Å²) in [6, 6.07) is 5.08. The Bertz CT molecular complexity index is 324. The summed E-state index contributed by atoms with van der Waals surface area (Å²) >= 11 is 11.7. The van der Waals surface area contributed by atoms with Gasteiger partial charge in [0.05, 0.1) is 16.1 Å². The van der Waals surface area contributed by atoms with Crippen molar-refractivity contribution in [1.82, 2.24) is 0 Å². The van der Waals surface area contributed by atoms with Gasteiger partial charge in [-0.05, 0) is 24.1 Å². The van der Waals surface area contributed by atoms with Gasteiger partial charge in [-0.25, -0.2) is 0 Å². The van der Waals surface area contributed by atoms with Gasteiger partial charge in [0.2, 0.25) is 0 Å². The normalized spacial score (nSPS) is 15.0. The number of hydrogen-bond donors (Lipinski definition) is 1. The molecule has 4 heteroatoms. The van der Waals surface area contributed by atoms with Gasteiger partial charge in [-0.15, -0.1) is 0 Å². The van der Waals surface area contributed by atoms with E-state index >= 15 is 0 Å². The zero-order valence-electron chi connectivity index (χ0n) is 8.71. The van der Waals surface area contributed by atoms with E-state index in [4.69, 9.17) is 27.9 Å². The molecule has 0 amide bonds. The number of aliphatic hydroxyl groups is 1. The van der Waals surface area contributed by atoms with Gasteiger partial charge >= 0.3 is 0 Å². The number of rotatable bonds is 4. The molecule has 15 heavy (non-hydrogen) atoms. The van der Waals surface area contributed by atoms with Crippen LogP contribution >= 0.6 is 23.2 Å². The highest BCUT2D eigenvalue weighted by molar-refractivity contribution is 6.42. The van der Waals surface area contributed by atoms with Crippen LogP contribution in [0.3, 0.4) is 0 Å². The number of aliphatic hydroxyl groups excluding tert-OH is 1. The van der Waals surface area contributed by atoms with Gasteiger partial charge < -0.3 is 9.84 Å². The van der Waals surface area contributed by atoms with E-state index in [1.54, 1.807) is 25.3 Å². The van der Waals surface area contributed by atoms with E-state index < -0.39 is 6.10 Å². The Morgan fingerprint density at radius 3 is 2.47 bits per heavy atom. The van der Waals surface area contributed by atoms with Gasteiger partial charge in [-0.2, -0.15) is 0 Å². The van der Waals surface area contributed by atoms with Gasteiger partial charge in [0.1, 0.15) is 6.10 Å². The fourth-order valence-electron chi connectivity index (χ4n) is 1.43. The SMILES string of the molecule is CCC(OC)C(O)c1ccc(Cl)c(Cl)c1. The lowest BCUT2D eigenvalue weighted by molar-refractivity contribution is -0.0148. The minimum Gasteiger partial charge on any atom is -0.386 e. The van der Waals surface area contributed by atoms with Gasteiger partial charge in [-0.3, -0.25) is 0 Å². The van der Waals surface area contributed by atoms with Crippen molar-refractivity contribution < 1.29 is 9.84 Å². The standard InChI is InChI=1S/C11H14Cl2O2/c1-3-10(15-2)11(14)7-4-5-8(12)9(13)6-7/h4-6,10-11,14H,3H2,1-2H3. The molecule has 0 saturated heterocycles. The van der Waals surface area contributed by atoms with Crippen LogP contribution in [-0.4, -0.2) is 18.3 Å². The Labute approximate surface area is 99.8 Å². The van der Waals surface area contributed by atoms with Crippen LogP contribution in [0.2, 0.25) is 10.0 Å². The summed E-state index contributed by atoms with van der Waals surface area (Å²) in [6.45, 7) is 1.95. The highest BCUT2D eigenvalue weighted by Gasteiger charge is 2.19. The van der Waals surface area contributed by atoms with Crippen LogP contribution in [-0.2, 0) is 4.74 Å². The molecule has 2 unspecified atom stereocenters. The second-order valence-electron chi connectivity index (χ2n) is 3.30. The second kappa shape index (κ2) is 5.71. The summed E-state index contributed by atoms with van der Waals surface area (Å²) in [5.74, 6) is 0. The maximum atomic E-state index is 9.97. The molecule has 1 aromatic rings. The topological polar surface area (TPSA) is 29.5 Å². The molecule has 0 fully saturated rings. The third kappa shape index (κ3) is 3.08. The predicted octanol–water partition coefficient (Wildman–Crippen LogP) is 3.45. The van der Waals surface area contributed by atoms with Crippen LogP contribution in [0.5, 0.6) is 0 Å². The highest BCUT2D eigenvalue weighted by atomic mass is 35.5. The molecule has 0 aliphatic carbocycles. The largest absolute Gasteiger partial charge is 0.386 e. The lowest BCUT2D eigenvalue weighted by Gasteiger charge is -2.20. The second-order valence-corrected chi connectivity index (χ2v) is 4.12. The molecule has 0 aromatic heterocycles.